The minimum atomic E-state index is 0.299. The Morgan fingerprint density at radius 3 is 3.20 bits per heavy atom. The summed E-state index contributed by atoms with van der Waals surface area (Å²) in [6, 6.07) is 3.99. The molecule has 0 saturated carbocycles. The molecule has 3 nitrogen and oxygen atoms in total. The molecule has 82 valence electrons. The van der Waals surface area contributed by atoms with Crippen LogP contribution in [0.25, 0.3) is 0 Å². The van der Waals surface area contributed by atoms with Gasteiger partial charge in [0.1, 0.15) is 0 Å². The zero-order chi connectivity index (χ0) is 10.7. The summed E-state index contributed by atoms with van der Waals surface area (Å²) in [4.78, 5) is 6.51. The highest BCUT2D eigenvalue weighted by Gasteiger charge is 2.21. The van der Waals surface area contributed by atoms with Crippen molar-refractivity contribution >= 4 is 11.6 Å². The molecular weight excluding hydrogens is 212 g/mol. The van der Waals surface area contributed by atoms with Crippen molar-refractivity contribution in [2.75, 3.05) is 20.2 Å². The number of hydrogen-bond donors (Lipinski definition) is 0. The maximum atomic E-state index is 6.06. The molecule has 1 aromatic heterocycles. The van der Waals surface area contributed by atoms with Gasteiger partial charge in [0.15, 0.2) is 0 Å². The van der Waals surface area contributed by atoms with Gasteiger partial charge >= 0.3 is 0 Å². The summed E-state index contributed by atoms with van der Waals surface area (Å²) in [5.41, 5.74) is 1.13. The number of alkyl halides is 1. The molecule has 0 aromatic carbocycles. The van der Waals surface area contributed by atoms with Crippen molar-refractivity contribution in [3.63, 3.8) is 0 Å². The van der Waals surface area contributed by atoms with Gasteiger partial charge in [-0.3, -0.25) is 4.90 Å². The molecule has 0 bridgehead atoms. The summed E-state index contributed by atoms with van der Waals surface area (Å²) in [5, 5.41) is 0.299. The zero-order valence-electron chi connectivity index (χ0n) is 8.82. The van der Waals surface area contributed by atoms with Gasteiger partial charge in [-0.1, -0.05) is 6.07 Å². The van der Waals surface area contributed by atoms with Gasteiger partial charge < -0.3 is 4.74 Å². The fraction of sp³-hybridized carbons (Fsp3) is 0.545. The summed E-state index contributed by atoms with van der Waals surface area (Å²) in [5.74, 6) is 0.718. The lowest BCUT2D eigenvalue weighted by Crippen LogP contribution is -2.20. The predicted octanol–water partition coefficient (Wildman–Crippen LogP) is 1.90. The summed E-state index contributed by atoms with van der Waals surface area (Å²) in [7, 11) is 1.65. The smallest absolute Gasteiger partial charge is 0.217 e. The first-order chi connectivity index (χ1) is 7.29. The molecule has 2 heterocycles. The first-order valence-corrected chi connectivity index (χ1v) is 5.57. The van der Waals surface area contributed by atoms with Crippen molar-refractivity contribution in [1.82, 2.24) is 9.88 Å². The van der Waals surface area contributed by atoms with Crippen LogP contribution >= 0.6 is 11.6 Å². The third-order valence-electron chi connectivity index (χ3n) is 2.65. The van der Waals surface area contributed by atoms with Gasteiger partial charge in [-0.25, -0.2) is 4.98 Å². The van der Waals surface area contributed by atoms with Gasteiger partial charge in [-0.2, -0.15) is 0 Å². The molecule has 0 N–H and O–H groups in total. The number of ether oxygens (including phenoxy) is 1. The Kier molecular flexibility index (Phi) is 3.44. The van der Waals surface area contributed by atoms with E-state index in [1.54, 1.807) is 13.3 Å². The van der Waals surface area contributed by atoms with E-state index in [-0.39, 0.29) is 0 Å². The fourth-order valence-corrected chi connectivity index (χ4v) is 2.19. The highest BCUT2D eigenvalue weighted by Crippen LogP contribution is 2.21. The summed E-state index contributed by atoms with van der Waals surface area (Å²) in [6.45, 7) is 2.89. The van der Waals surface area contributed by atoms with Crippen LogP contribution in [0, 0.1) is 0 Å². The van der Waals surface area contributed by atoms with Crippen LogP contribution in [0.5, 0.6) is 5.88 Å². The topological polar surface area (TPSA) is 25.4 Å². The normalized spacial score (nSPS) is 21.9. The van der Waals surface area contributed by atoms with Crippen LogP contribution in [0.15, 0.2) is 18.3 Å². The largest absolute Gasteiger partial charge is 0.481 e. The first kappa shape index (κ1) is 10.7. The molecule has 1 fully saturated rings. The molecule has 1 aromatic rings. The third kappa shape index (κ3) is 2.61. The van der Waals surface area contributed by atoms with Crippen molar-refractivity contribution in [2.24, 2.45) is 0 Å². The van der Waals surface area contributed by atoms with E-state index < -0.39 is 0 Å². The maximum absolute atomic E-state index is 6.06. The van der Waals surface area contributed by atoms with Gasteiger partial charge in [0.05, 0.1) is 7.11 Å². The quantitative estimate of drug-likeness (QED) is 0.737. The minimum absolute atomic E-state index is 0.299. The van der Waals surface area contributed by atoms with E-state index in [1.165, 1.54) is 0 Å². The monoisotopic (exact) mass is 226 g/mol. The minimum Gasteiger partial charge on any atom is -0.481 e. The summed E-state index contributed by atoms with van der Waals surface area (Å²) in [6.07, 6.45) is 2.82. The van der Waals surface area contributed by atoms with Gasteiger partial charge in [0, 0.05) is 36.8 Å². The Morgan fingerprint density at radius 2 is 2.53 bits per heavy atom. The van der Waals surface area contributed by atoms with Crippen molar-refractivity contribution in [3.05, 3.63) is 23.9 Å². The van der Waals surface area contributed by atoms with E-state index in [4.69, 9.17) is 16.3 Å². The van der Waals surface area contributed by atoms with Crippen LogP contribution in [-0.2, 0) is 6.54 Å². The SMILES string of the molecule is COc1ncccc1CN1CCC(Cl)C1. The van der Waals surface area contributed by atoms with Crippen LogP contribution in [0.3, 0.4) is 0 Å². The Bertz CT molecular complexity index is 332. The molecule has 1 aliphatic rings. The van der Waals surface area contributed by atoms with E-state index in [0.29, 0.717) is 5.38 Å². The number of pyridine rings is 1. The van der Waals surface area contributed by atoms with Gasteiger partial charge in [-0.15, -0.1) is 11.6 Å². The highest BCUT2D eigenvalue weighted by atomic mass is 35.5. The van der Waals surface area contributed by atoms with Gasteiger partial charge in [-0.05, 0) is 12.5 Å². The number of hydrogen-bond acceptors (Lipinski definition) is 3. The summed E-state index contributed by atoms with van der Waals surface area (Å²) >= 11 is 6.06. The second-order valence-corrected chi connectivity index (χ2v) is 4.41. The average Bonchev–Trinajstić information content (AvgIpc) is 2.65. The van der Waals surface area contributed by atoms with Crippen LogP contribution in [0.2, 0.25) is 0 Å². The van der Waals surface area contributed by atoms with Crippen molar-refractivity contribution in [2.45, 2.75) is 18.3 Å². The Hall–Kier alpha value is -0.800. The molecule has 0 radical (unpaired) electrons. The van der Waals surface area contributed by atoms with Crippen LogP contribution < -0.4 is 4.74 Å². The number of nitrogens with zero attached hydrogens (tertiary/aromatic N) is 2. The molecular formula is C11H15ClN2O. The van der Waals surface area contributed by atoms with Crippen molar-refractivity contribution < 1.29 is 4.74 Å². The number of likely N-dealkylation sites (tertiary alicyclic amines) is 1. The third-order valence-corrected chi connectivity index (χ3v) is 3.01. The van der Waals surface area contributed by atoms with E-state index in [0.717, 1.165) is 37.5 Å². The second kappa shape index (κ2) is 4.81. The second-order valence-electron chi connectivity index (χ2n) is 3.79. The van der Waals surface area contributed by atoms with Crippen LogP contribution in [0.1, 0.15) is 12.0 Å². The molecule has 2 rings (SSSR count). The van der Waals surface area contributed by atoms with Crippen molar-refractivity contribution in [3.8, 4) is 5.88 Å². The maximum Gasteiger partial charge on any atom is 0.217 e. The average molecular weight is 227 g/mol. The molecule has 1 saturated heterocycles. The van der Waals surface area contributed by atoms with Crippen LogP contribution in [0.4, 0.5) is 0 Å². The van der Waals surface area contributed by atoms with Crippen LogP contribution in [-0.4, -0.2) is 35.5 Å². The van der Waals surface area contributed by atoms with E-state index >= 15 is 0 Å². The van der Waals surface area contributed by atoms with E-state index in [2.05, 4.69) is 9.88 Å². The molecule has 0 aliphatic carbocycles. The molecule has 0 spiro atoms. The van der Waals surface area contributed by atoms with Gasteiger partial charge in [0.2, 0.25) is 5.88 Å². The van der Waals surface area contributed by atoms with Crippen molar-refractivity contribution in [1.29, 1.82) is 0 Å². The number of rotatable bonds is 3. The Morgan fingerprint density at radius 1 is 1.67 bits per heavy atom. The molecule has 15 heavy (non-hydrogen) atoms. The number of methoxy groups -OCH3 is 1. The predicted molar refractivity (Wildman–Crippen MR) is 60.3 cm³/mol. The highest BCUT2D eigenvalue weighted by molar-refractivity contribution is 6.20. The molecule has 1 aliphatic heterocycles. The zero-order valence-corrected chi connectivity index (χ0v) is 9.57. The van der Waals surface area contributed by atoms with E-state index in [9.17, 15) is 0 Å². The lowest BCUT2D eigenvalue weighted by molar-refractivity contribution is 0.318. The van der Waals surface area contributed by atoms with Gasteiger partial charge in [0.25, 0.3) is 0 Å². The standard InChI is InChI=1S/C11H15ClN2O/c1-15-11-9(3-2-5-13-11)7-14-6-4-10(12)8-14/h2-3,5,10H,4,6-8H2,1H3. The van der Waals surface area contributed by atoms with E-state index in [1.807, 2.05) is 12.1 Å². The first-order valence-electron chi connectivity index (χ1n) is 5.14. The molecule has 1 unspecified atom stereocenters. The molecule has 4 heteroatoms. The molecule has 0 amide bonds. The summed E-state index contributed by atoms with van der Waals surface area (Å²) < 4.78 is 5.21. The molecule has 1 atom stereocenters. The number of halogens is 1. The Balaban J connectivity index is 2.04. The lowest BCUT2D eigenvalue weighted by Gasteiger charge is -2.16. The number of aromatic nitrogens is 1. The fourth-order valence-electron chi connectivity index (χ4n) is 1.90. The Labute approximate surface area is 95.0 Å². The lowest BCUT2D eigenvalue weighted by atomic mass is 10.2.